The van der Waals surface area contributed by atoms with Crippen molar-refractivity contribution in [2.75, 3.05) is 33.3 Å². The van der Waals surface area contributed by atoms with Crippen LogP contribution in [0.4, 0.5) is 5.69 Å². The summed E-state index contributed by atoms with van der Waals surface area (Å²) in [6.45, 7) is 4.67. The first-order valence-corrected chi connectivity index (χ1v) is 11.3. The van der Waals surface area contributed by atoms with Gasteiger partial charge in [-0.15, -0.1) is 0 Å². The summed E-state index contributed by atoms with van der Waals surface area (Å²) in [5.41, 5.74) is 3.60. The van der Waals surface area contributed by atoms with Crippen LogP contribution < -0.4 is 23.8 Å². The Morgan fingerprint density at radius 3 is 1.36 bits per heavy atom. The summed E-state index contributed by atoms with van der Waals surface area (Å²) in [7, 11) is 6.70. The highest BCUT2D eigenvalue weighted by atomic mass is 16.5. The second-order valence-corrected chi connectivity index (χ2v) is 8.58. The van der Waals surface area contributed by atoms with Crippen molar-refractivity contribution in [3.8, 4) is 23.0 Å². The minimum Gasteiger partial charge on any atom is -0.493 e. The lowest BCUT2D eigenvalue weighted by atomic mass is 9.85. The number of anilines is 1. The van der Waals surface area contributed by atoms with Crippen LogP contribution in [0, 0.1) is 11.8 Å². The number of hydrogen-bond acceptors (Lipinski definition) is 5. The summed E-state index contributed by atoms with van der Waals surface area (Å²) < 4.78 is 22.2. The Morgan fingerprint density at radius 2 is 0.970 bits per heavy atom. The van der Waals surface area contributed by atoms with Crippen molar-refractivity contribution in [1.29, 1.82) is 0 Å². The van der Waals surface area contributed by atoms with E-state index in [9.17, 15) is 0 Å². The Hall–Kier alpha value is -3.34. The van der Waals surface area contributed by atoms with Crippen molar-refractivity contribution in [3.63, 3.8) is 0 Å². The monoisotopic (exact) mass is 447 g/mol. The fourth-order valence-corrected chi connectivity index (χ4v) is 5.18. The molecule has 174 valence electrons. The third-order valence-corrected chi connectivity index (χ3v) is 6.98. The molecule has 5 nitrogen and oxygen atoms in total. The highest BCUT2D eigenvalue weighted by Crippen LogP contribution is 2.54. The molecular formula is C28H33NO4. The van der Waals surface area contributed by atoms with Crippen molar-refractivity contribution >= 4 is 5.69 Å². The minimum atomic E-state index is 0.167. The zero-order chi connectivity index (χ0) is 23.5. The van der Waals surface area contributed by atoms with E-state index in [4.69, 9.17) is 18.9 Å². The lowest BCUT2D eigenvalue weighted by Crippen LogP contribution is -2.28. The van der Waals surface area contributed by atoms with Gasteiger partial charge in [-0.25, -0.2) is 0 Å². The summed E-state index contributed by atoms with van der Waals surface area (Å²) in [6, 6.07) is 23.5. The molecule has 1 fully saturated rings. The second-order valence-electron chi connectivity index (χ2n) is 8.58. The first-order valence-electron chi connectivity index (χ1n) is 11.3. The molecule has 1 aliphatic rings. The number of nitrogens with zero attached hydrogens (tertiary/aromatic N) is 1. The van der Waals surface area contributed by atoms with Gasteiger partial charge in [0.2, 0.25) is 0 Å². The molecule has 0 aromatic heterocycles. The molecular weight excluding hydrogens is 414 g/mol. The predicted octanol–water partition coefficient (Wildman–Crippen LogP) is 6.30. The summed E-state index contributed by atoms with van der Waals surface area (Å²) in [4.78, 5) is 2.54. The van der Waals surface area contributed by atoms with Gasteiger partial charge in [0.1, 0.15) is 0 Å². The van der Waals surface area contributed by atoms with Crippen LogP contribution in [0.2, 0.25) is 0 Å². The van der Waals surface area contributed by atoms with Crippen molar-refractivity contribution in [2.24, 2.45) is 11.8 Å². The van der Waals surface area contributed by atoms with Gasteiger partial charge in [0.15, 0.2) is 23.0 Å². The fourth-order valence-electron chi connectivity index (χ4n) is 5.18. The van der Waals surface area contributed by atoms with E-state index in [2.05, 4.69) is 73.3 Å². The lowest BCUT2D eigenvalue weighted by Gasteiger charge is -2.35. The molecule has 0 N–H and O–H groups in total. The van der Waals surface area contributed by atoms with Crippen LogP contribution in [0.5, 0.6) is 23.0 Å². The molecule has 0 saturated carbocycles. The fraction of sp³-hybridized carbons (Fsp3) is 0.357. The molecule has 0 aliphatic carbocycles. The van der Waals surface area contributed by atoms with E-state index in [1.165, 1.54) is 16.8 Å². The Morgan fingerprint density at radius 1 is 0.545 bits per heavy atom. The Labute approximate surface area is 196 Å². The Kier molecular flexibility index (Phi) is 6.68. The van der Waals surface area contributed by atoms with E-state index >= 15 is 0 Å². The second kappa shape index (κ2) is 9.65. The molecule has 0 spiro atoms. The molecule has 3 aromatic rings. The molecule has 3 aromatic carbocycles. The van der Waals surface area contributed by atoms with Crippen LogP contribution in [0.25, 0.3) is 0 Å². The number of methoxy groups -OCH3 is 4. The summed E-state index contributed by atoms with van der Waals surface area (Å²) in [6.07, 6.45) is 0. The zero-order valence-electron chi connectivity index (χ0n) is 20.2. The van der Waals surface area contributed by atoms with Gasteiger partial charge < -0.3 is 23.8 Å². The third-order valence-electron chi connectivity index (χ3n) is 6.98. The van der Waals surface area contributed by atoms with Crippen LogP contribution in [0.15, 0.2) is 66.7 Å². The summed E-state index contributed by atoms with van der Waals surface area (Å²) in [5.74, 6) is 3.75. The molecule has 4 rings (SSSR count). The van der Waals surface area contributed by atoms with Crippen LogP contribution in [0.3, 0.4) is 0 Å². The average Bonchev–Trinajstić information content (AvgIpc) is 3.13. The normalized spacial score (nSPS) is 22.2. The predicted molar refractivity (Wildman–Crippen MR) is 132 cm³/mol. The summed E-state index contributed by atoms with van der Waals surface area (Å²) >= 11 is 0. The molecule has 33 heavy (non-hydrogen) atoms. The van der Waals surface area contributed by atoms with Crippen LogP contribution in [-0.2, 0) is 0 Å². The van der Waals surface area contributed by atoms with Crippen molar-refractivity contribution < 1.29 is 18.9 Å². The highest BCUT2D eigenvalue weighted by molar-refractivity contribution is 5.57. The molecule has 5 heteroatoms. The Balaban J connectivity index is 1.86. The van der Waals surface area contributed by atoms with Crippen molar-refractivity contribution in [3.05, 3.63) is 77.9 Å². The van der Waals surface area contributed by atoms with E-state index < -0.39 is 0 Å². The molecule has 0 unspecified atom stereocenters. The molecule has 1 heterocycles. The average molecular weight is 448 g/mol. The standard InChI is InChI=1S/C28H33NO4/c1-18-19(2)28(21-13-15-24(31-4)26(17-21)33-6)29(22-10-8-7-9-11-22)27(18)20-12-14-23(30-3)25(16-20)32-5/h7-19,27-28H,1-6H3/t18-,19-,27-,28-/m0/s1. The summed E-state index contributed by atoms with van der Waals surface area (Å²) in [5, 5.41) is 0. The smallest absolute Gasteiger partial charge is 0.161 e. The lowest BCUT2D eigenvalue weighted by molar-refractivity contribution is 0.352. The van der Waals surface area contributed by atoms with Crippen LogP contribution in [-0.4, -0.2) is 28.4 Å². The van der Waals surface area contributed by atoms with Crippen molar-refractivity contribution in [2.45, 2.75) is 25.9 Å². The highest BCUT2D eigenvalue weighted by Gasteiger charge is 2.46. The topological polar surface area (TPSA) is 40.2 Å². The maximum absolute atomic E-state index is 5.63. The van der Waals surface area contributed by atoms with Gasteiger partial charge in [0.05, 0.1) is 40.5 Å². The number of hydrogen-bond donors (Lipinski definition) is 0. The molecule has 0 amide bonds. The first-order chi connectivity index (χ1) is 16.0. The van der Waals surface area contributed by atoms with Gasteiger partial charge in [0, 0.05) is 5.69 Å². The zero-order valence-corrected chi connectivity index (χ0v) is 20.2. The van der Waals surface area contributed by atoms with Crippen LogP contribution >= 0.6 is 0 Å². The quantitative estimate of drug-likeness (QED) is 0.425. The van der Waals surface area contributed by atoms with Gasteiger partial charge in [-0.1, -0.05) is 44.2 Å². The number of benzene rings is 3. The largest absolute Gasteiger partial charge is 0.493 e. The van der Waals surface area contributed by atoms with Gasteiger partial charge in [-0.3, -0.25) is 0 Å². The molecule has 0 bridgehead atoms. The third kappa shape index (κ3) is 4.08. The molecule has 1 saturated heterocycles. The number of rotatable bonds is 7. The van der Waals surface area contributed by atoms with E-state index in [0.717, 1.165) is 23.0 Å². The maximum atomic E-state index is 5.63. The Bertz CT molecular complexity index is 1020. The van der Waals surface area contributed by atoms with E-state index in [1.807, 2.05) is 12.1 Å². The van der Waals surface area contributed by atoms with Crippen molar-refractivity contribution in [1.82, 2.24) is 0 Å². The molecule has 1 aliphatic heterocycles. The van der Waals surface area contributed by atoms with Gasteiger partial charge >= 0.3 is 0 Å². The molecule has 0 radical (unpaired) electrons. The van der Waals surface area contributed by atoms with Crippen LogP contribution in [0.1, 0.15) is 37.1 Å². The van der Waals surface area contributed by atoms with Gasteiger partial charge in [-0.05, 0) is 59.4 Å². The SMILES string of the molecule is COc1ccc([C@@H]2[C@@H](C)[C@H](C)[C@@H](c3ccc(OC)c(OC)c3)N2c2ccccc2)cc1OC. The van der Waals surface area contributed by atoms with E-state index in [1.54, 1.807) is 28.4 Å². The number of para-hydroxylation sites is 1. The van der Waals surface area contributed by atoms with E-state index in [0.29, 0.717) is 11.8 Å². The minimum absolute atomic E-state index is 0.167. The van der Waals surface area contributed by atoms with E-state index in [-0.39, 0.29) is 12.1 Å². The van der Waals surface area contributed by atoms with Gasteiger partial charge in [-0.2, -0.15) is 0 Å². The maximum Gasteiger partial charge on any atom is 0.161 e. The first kappa shape index (κ1) is 22.8. The number of ether oxygens (including phenoxy) is 4. The molecule has 4 atom stereocenters. The van der Waals surface area contributed by atoms with Gasteiger partial charge in [0.25, 0.3) is 0 Å².